The maximum Gasteiger partial charge on any atom is 0.280 e. The molecule has 0 amide bonds. The van der Waals surface area contributed by atoms with Crippen molar-refractivity contribution in [3.8, 4) is 5.75 Å². The number of benzene rings is 1. The minimum absolute atomic E-state index is 0.0430. The van der Waals surface area contributed by atoms with Crippen molar-refractivity contribution in [2.24, 2.45) is 7.05 Å². The van der Waals surface area contributed by atoms with Gasteiger partial charge in [-0.1, -0.05) is 11.6 Å². The fraction of sp³-hybridized carbons (Fsp3) is 0.182. The van der Waals surface area contributed by atoms with Gasteiger partial charge < -0.3 is 10.5 Å². The predicted octanol–water partition coefficient (Wildman–Crippen LogP) is 1.47. The van der Waals surface area contributed by atoms with E-state index < -0.39 is 10.0 Å². The molecular formula is C11H13ClN4O3S. The van der Waals surface area contributed by atoms with Crippen LogP contribution in [0.2, 0.25) is 5.02 Å². The highest BCUT2D eigenvalue weighted by Gasteiger charge is 2.23. The number of nitrogen functional groups attached to an aromatic ring is 1. The molecule has 0 aliphatic heterocycles. The fourth-order valence-electron chi connectivity index (χ4n) is 1.70. The monoisotopic (exact) mass is 316 g/mol. The number of methoxy groups -OCH3 is 1. The van der Waals surface area contributed by atoms with Crippen molar-refractivity contribution in [3.63, 3.8) is 0 Å². The summed E-state index contributed by atoms with van der Waals surface area (Å²) in [5, 5.41) is 3.72. The summed E-state index contributed by atoms with van der Waals surface area (Å²) in [4.78, 5) is 0. The summed E-state index contributed by atoms with van der Waals surface area (Å²) in [6.45, 7) is 0. The summed E-state index contributed by atoms with van der Waals surface area (Å²) in [5.74, 6) is 0.464. The standard InChI is InChI=1S/C11H13ClN4O3S/c1-16-11(8(12)6-14-16)20(17,18)15-7-3-4-10(19-2)9(13)5-7/h3-6,15H,13H2,1-2H3. The number of sulfonamides is 1. The lowest BCUT2D eigenvalue weighted by Crippen LogP contribution is -2.17. The molecule has 108 valence electrons. The zero-order chi connectivity index (χ0) is 14.9. The van der Waals surface area contributed by atoms with E-state index in [1.807, 2.05) is 0 Å². The number of nitrogens with two attached hydrogens (primary N) is 1. The van der Waals surface area contributed by atoms with Crippen molar-refractivity contribution in [1.82, 2.24) is 9.78 Å². The van der Waals surface area contributed by atoms with Crippen LogP contribution in [0, 0.1) is 0 Å². The third kappa shape index (κ3) is 2.66. The average molecular weight is 317 g/mol. The van der Waals surface area contributed by atoms with E-state index in [0.717, 1.165) is 0 Å². The van der Waals surface area contributed by atoms with E-state index in [-0.39, 0.29) is 10.0 Å². The summed E-state index contributed by atoms with van der Waals surface area (Å²) in [5.41, 5.74) is 6.35. The number of halogens is 1. The molecule has 0 aliphatic carbocycles. The Labute approximate surface area is 121 Å². The molecule has 0 unspecified atom stereocenters. The number of aryl methyl sites for hydroxylation is 1. The topological polar surface area (TPSA) is 99.2 Å². The van der Waals surface area contributed by atoms with Crippen LogP contribution in [0.5, 0.6) is 5.75 Å². The van der Waals surface area contributed by atoms with Gasteiger partial charge in [0.2, 0.25) is 0 Å². The largest absolute Gasteiger partial charge is 0.495 e. The van der Waals surface area contributed by atoms with E-state index in [9.17, 15) is 8.42 Å². The van der Waals surface area contributed by atoms with Gasteiger partial charge in [0.25, 0.3) is 10.0 Å². The van der Waals surface area contributed by atoms with Crippen molar-refractivity contribution in [2.75, 3.05) is 17.6 Å². The van der Waals surface area contributed by atoms with Gasteiger partial charge >= 0.3 is 0 Å². The van der Waals surface area contributed by atoms with Crippen LogP contribution < -0.4 is 15.2 Å². The van der Waals surface area contributed by atoms with Gasteiger partial charge in [0.1, 0.15) is 5.75 Å². The second-order valence-electron chi connectivity index (χ2n) is 3.98. The van der Waals surface area contributed by atoms with Crippen molar-refractivity contribution < 1.29 is 13.2 Å². The highest BCUT2D eigenvalue weighted by molar-refractivity contribution is 7.92. The molecule has 0 aliphatic rings. The van der Waals surface area contributed by atoms with Crippen LogP contribution in [0.15, 0.2) is 29.4 Å². The number of aromatic nitrogens is 2. The van der Waals surface area contributed by atoms with E-state index in [0.29, 0.717) is 17.1 Å². The van der Waals surface area contributed by atoms with E-state index in [2.05, 4.69) is 9.82 Å². The Hall–Kier alpha value is -1.93. The minimum Gasteiger partial charge on any atom is -0.495 e. The third-order valence-corrected chi connectivity index (χ3v) is 4.47. The van der Waals surface area contributed by atoms with Gasteiger partial charge in [0, 0.05) is 7.05 Å². The van der Waals surface area contributed by atoms with Crippen LogP contribution in [0.1, 0.15) is 0 Å². The first-order valence-corrected chi connectivity index (χ1v) is 7.35. The zero-order valence-corrected chi connectivity index (χ0v) is 12.4. The number of hydrogen-bond acceptors (Lipinski definition) is 5. The van der Waals surface area contributed by atoms with Crippen molar-refractivity contribution in [3.05, 3.63) is 29.4 Å². The van der Waals surface area contributed by atoms with Gasteiger partial charge in [-0.15, -0.1) is 0 Å². The average Bonchev–Trinajstić information content (AvgIpc) is 2.69. The molecular weight excluding hydrogens is 304 g/mol. The van der Waals surface area contributed by atoms with Crippen molar-refractivity contribution >= 4 is 33.0 Å². The molecule has 0 bridgehead atoms. The molecule has 0 saturated heterocycles. The molecule has 1 heterocycles. The van der Waals surface area contributed by atoms with Gasteiger partial charge in [-0.2, -0.15) is 13.5 Å². The molecule has 0 saturated carbocycles. The summed E-state index contributed by atoms with van der Waals surface area (Å²) < 4.78 is 33.1. The van der Waals surface area contributed by atoms with Crippen LogP contribution in [0.3, 0.4) is 0 Å². The Balaban J connectivity index is 2.36. The molecule has 7 nitrogen and oxygen atoms in total. The Morgan fingerprint density at radius 2 is 2.15 bits per heavy atom. The smallest absolute Gasteiger partial charge is 0.280 e. The van der Waals surface area contributed by atoms with Crippen LogP contribution in [0.25, 0.3) is 0 Å². The number of ether oxygens (including phenoxy) is 1. The second-order valence-corrected chi connectivity index (χ2v) is 5.99. The van der Waals surface area contributed by atoms with Gasteiger partial charge in [0.05, 0.1) is 29.7 Å². The van der Waals surface area contributed by atoms with Crippen molar-refractivity contribution in [2.45, 2.75) is 5.03 Å². The maximum absolute atomic E-state index is 12.2. The molecule has 9 heteroatoms. The lowest BCUT2D eigenvalue weighted by molar-refractivity contribution is 0.417. The van der Waals surface area contributed by atoms with Gasteiger partial charge in [-0.3, -0.25) is 9.40 Å². The number of nitrogens with zero attached hydrogens (tertiary/aromatic N) is 2. The third-order valence-electron chi connectivity index (χ3n) is 2.58. The first-order valence-electron chi connectivity index (χ1n) is 5.49. The highest BCUT2D eigenvalue weighted by Crippen LogP contribution is 2.27. The second kappa shape index (κ2) is 5.22. The van der Waals surface area contributed by atoms with E-state index in [1.165, 1.54) is 37.2 Å². The zero-order valence-electron chi connectivity index (χ0n) is 10.8. The highest BCUT2D eigenvalue weighted by atomic mass is 35.5. The number of anilines is 2. The predicted molar refractivity (Wildman–Crippen MR) is 76.4 cm³/mol. The Morgan fingerprint density at radius 3 is 2.65 bits per heavy atom. The summed E-state index contributed by atoms with van der Waals surface area (Å²) >= 11 is 5.83. The molecule has 0 fully saturated rings. The number of nitrogens with one attached hydrogen (secondary N) is 1. The normalized spacial score (nSPS) is 11.3. The van der Waals surface area contributed by atoms with E-state index in [4.69, 9.17) is 22.1 Å². The Bertz CT molecular complexity index is 723. The molecule has 20 heavy (non-hydrogen) atoms. The molecule has 2 aromatic rings. The first-order chi connectivity index (χ1) is 9.35. The molecule has 1 aromatic carbocycles. The van der Waals surface area contributed by atoms with Crippen LogP contribution in [0.4, 0.5) is 11.4 Å². The molecule has 0 atom stereocenters. The molecule has 2 rings (SSSR count). The van der Waals surface area contributed by atoms with Gasteiger partial charge in [0.15, 0.2) is 5.03 Å². The van der Waals surface area contributed by atoms with Gasteiger partial charge in [-0.05, 0) is 18.2 Å². The number of hydrogen-bond donors (Lipinski definition) is 2. The van der Waals surface area contributed by atoms with E-state index >= 15 is 0 Å². The number of rotatable bonds is 4. The summed E-state index contributed by atoms with van der Waals surface area (Å²) in [6, 6.07) is 4.57. The summed E-state index contributed by atoms with van der Waals surface area (Å²) in [7, 11) is -0.879. The van der Waals surface area contributed by atoms with Crippen molar-refractivity contribution in [1.29, 1.82) is 0 Å². The van der Waals surface area contributed by atoms with E-state index in [1.54, 1.807) is 6.07 Å². The maximum atomic E-state index is 12.2. The molecule has 3 N–H and O–H groups in total. The van der Waals surface area contributed by atoms with Crippen LogP contribution in [-0.4, -0.2) is 25.3 Å². The van der Waals surface area contributed by atoms with Gasteiger partial charge in [-0.25, -0.2) is 0 Å². The summed E-state index contributed by atoms with van der Waals surface area (Å²) in [6.07, 6.45) is 1.26. The lowest BCUT2D eigenvalue weighted by atomic mass is 10.2. The first kappa shape index (κ1) is 14.5. The quantitative estimate of drug-likeness (QED) is 0.832. The van der Waals surface area contributed by atoms with Crippen LogP contribution in [-0.2, 0) is 17.1 Å². The fourth-order valence-corrected chi connectivity index (χ4v) is 3.41. The lowest BCUT2D eigenvalue weighted by Gasteiger charge is -2.10. The van der Waals surface area contributed by atoms with Crippen LogP contribution >= 0.6 is 11.6 Å². The molecule has 0 radical (unpaired) electrons. The Kier molecular flexibility index (Phi) is 3.78. The Morgan fingerprint density at radius 1 is 1.45 bits per heavy atom. The minimum atomic E-state index is -3.85. The molecule has 1 aromatic heterocycles. The SMILES string of the molecule is COc1ccc(NS(=O)(=O)c2c(Cl)cnn2C)cc1N. The molecule has 0 spiro atoms.